The number of hydrogen-bond donors (Lipinski definition) is 0. The molecule has 0 radical (unpaired) electrons. The van der Waals surface area contributed by atoms with Gasteiger partial charge in [0.25, 0.3) is 0 Å². The molecule has 3 heterocycles. The van der Waals surface area contributed by atoms with Gasteiger partial charge in [0.1, 0.15) is 11.4 Å². The Morgan fingerprint density at radius 1 is 1.37 bits per heavy atom. The summed E-state index contributed by atoms with van der Waals surface area (Å²) >= 11 is 0. The molecule has 98 valence electrons. The molecule has 19 heavy (non-hydrogen) atoms. The van der Waals surface area contributed by atoms with Crippen LogP contribution in [0.25, 0.3) is 0 Å². The van der Waals surface area contributed by atoms with Crippen LogP contribution in [-0.2, 0) is 6.42 Å². The molecule has 0 N–H and O–H groups in total. The highest BCUT2D eigenvalue weighted by Crippen LogP contribution is 2.44. The van der Waals surface area contributed by atoms with Gasteiger partial charge in [-0.25, -0.2) is 0 Å². The topological polar surface area (TPSA) is 36.3 Å². The summed E-state index contributed by atoms with van der Waals surface area (Å²) < 4.78 is 6.31. The molecule has 2 fully saturated rings. The van der Waals surface area contributed by atoms with E-state index in [1.165, 1.54) is 31.5 Å². The van der Waals surface area contributed by atoms with Gasteiger partial charge in [-0.15, -0.1) is 0 Å². The van der Waals surface area contributed by atoms with Gasteiger partial charge >= 0.3 is 0 Å². The molecule has 0 aliphatic carbocycles. The lowest BCUT2D eigenvalue weighted by Gasteiger charge is -2.41. The lowest BCUT2D eigenvalue weighted by molar-refractivity contribution is 0.00195. The number of piperidine rings is 1. The second kappa shape index (κ2) is 3.98. The molecule has 4 rings (SSSR count). The molecule has 0 bridgehead atoms. The van der Waals surface area contributed by atoms with E-state index < -0.39 is 0 Å². The Morgan fingerprint density at radius 2 is 2.32 bits per heavy atom. The van der Waals surface area contributed by atoms with Gasteiger partial charge in [0.15, 0.2) is 0 Å². The van der Waals surface area contributed by atoms with Gasteiger partial charge in [0.2, 0.25) is 0 Å². The fourth-order valence-corrected chi connectivity index (χ4v) is 4.06. The fourth-order valence-electron chi connectivity index (χ4n) is 4.06. The van der Waals surface area contributed by atoms with Crippen molar-refractivity contribution < 1.29 is 4.74 Å². The molecule has 2 unspecified atom stereocenters. The maximum absolute atomic E-state index is 9.00. The monoisotopic (exact) mass is 254 g/mol. The fraction of sp³-hybridized carbons (Fsp3) is 0.562. The third-order valence-electron chi connectivity index (χ3n) is 4.99. The minimum atomic E-state index is 0.0158. The minimum Gasteiger partial charge on any atom is -0.487 e. The maximum Gasteiger partial charge on any atom is 0.123 e. The van der Waals surface area contributed by atoms with Gasteiger partial charge in [-0.05, 0) is 43.1 Å². The van der Waals surface area contributed by atoms with Crippen LogP contribution in [0.1, 0.15) is 36.8 Å². The van der Waals surface area contributed by atoms with Crippen LogP contribution in [0, 0.1) is 11.3 Å². The smallest absolute Gasteiger partial charge is 0.123 e. The van der Waals surface area contributed by atoms with E-state index in [1.807, 2.05) is 18.2 Å². The number of fused-ring (bicyclic) bond motifs is 2. The summed E-state index contributed by atoms with van der Waals surface area (Å²) in [5.41, 5.74) is 1.99. The Balaban J connectivity index is 1.60. The van der Waals surface area contributed by atoms with Gasteiger partial charge in [0.05, 0.1) is 11.6 Å². The third kappa shape index (κ3) is 1.74. The summed E-state index contributed by atoms with van der Waals surface area (Å²) in [7, 11) is 0. The molecule has 3 aliphatic heterocycles. The summed E-state index contributed by atoms with van der Waals surface area (Å²) in [5, 5.41) is 9.00. The maximum atomic E-state index is 9.00. The second-order valence-electron chi connectivity index (χ2n) is 6.18. The highest BCUT2D eigenvalue weighted by molar-refractivity contribution is 5.46. The first kappa shape index (κ1) is 11.3. The van der Waals surface area contributed by atoms with E-state index in [-0.39, 0.29) is 5.60 Å². The number of benzene rings is 1. The van der Waals surface area contributed by atoms with Crippen molar-refractivity contribution in [2.75, 3.05) is 13.1 Å². The van der Waals surface area contributed by atoms with Crippen LogP contribution in [-0.4, -0.2) is 29.6 Å². The van der Waals surface area contributed by atoms with Crippen molar-refractivity contribution in [3.8, 4) is 11.8 Å². The zero-order chi connectivity index (χ0) is 12.9. The molecular weight excluding hydrogens is 236 g/mol. The van der Waals surface area contributed by atoms with Gasteiger partial charge in [0, 0.05) is 31.8 Å². The standard InChI is InChI=1S/C16H18N2O/c17-11-12-3-4-15-13(8-12)9-16(19-15)5-7-18-6-1-2-14(18)10-16/h3-4,8,14H,1-2,5-7,9-10H2. The molecular formula is C16H18N2O. The Hall–Kier alpha value is -1.53. The number of rotatable bonds is 0. The van der Waals surface area contributed by atoms with E-state index in [9.17, 15) is 0 Å². The summed E-state index contributed by atoms with van der Waals surface area (Å²) in [4.78, 5) is 2.62. The molecule has 3 aliphatic rings. The SMILES string of the molecule is N#Cc1ccc2c(c1)CC1(CCN3CCCC3C1)O2. The van der Waals surface area contributed by atoms with Crippen molar-refractivity contribution in [1.82, 2.24) is 4.90 Å². The van der Waals surface area contributed by atoms with Crippen molar-refractivity contribution in [2.24, 2.45) is 0 Å². The Morgan fingerprint density at radius 3 is 3.21 bits per heavy atom. The average Bonchev–Trinajstić information content (AvgIpc) is 3.01. The lowest BCUT2D eigenvalue weighted by atomic mass is 9.83. The van der Waals surface area contributed by atoms with Crippen LogP contribution < -0.4 is 4.74 Å². The van der Waals surface area contributed by atoms with Gasteiger partial charge in [-0.2, -0.15) is 5.26 Å². The average molecular weight is 254 g/mol. The first-order chi connectivity index (χ1) is 9.28. The summed E-state index contributed by atoms with van der Waals surface area (Å²) in [6.45, 7) is 2.44. The molecule has 3 heteroatoms. The van der Waals surface area contributed by atoms with Crippen LogP contribution in [0.15, 0.2) is 18.2 Å². The highest BCUT2D eigenvalue weighted by Gasteiger charge is 2.46. The largest absolute Gasteiger partial charge is 0.487 e. The summed E-state index contributed by atoms with van der Waals surface area (Å²) in [6.07, 6.45) is 5.93. The van der Waals surface area contributed by atoms with E-state index in [4.69, 9.17) is 10.00 Å². The number of nitrogens with zero attached hydrogens (tertiary/aromatic N) is 2. The summed E-state index contributed by atoms with van der Waals surface area (Å²) in [5.74, 6) is 1.01. The van der Waals surface area contributed by atoms with Gasteiger partial charge in [-0.1, -0.05) is 0 Å². The van der Waals surface area contributed by atoms with Crippen molar-refractivity contribution in [2.45, 2.75) is 43.7 Å². The Kier molecular flexibility index (Phi) is 2.37. The van der Waals surface area contributed by atoms with E-state index in [2.05, 4.69) is 11.0 Å². The molecule has 1 aromatic carbocycles. The van der Waals surface area contributed by atoms with E-state index in [1.54, 1.807) is 0 Å². The molecule has 2 saturated heterocycles. The van der Waals surface area contributed by atoms with E-state index in [0.717, 1.165) is 36.6 Å². The predicted molar refractivity (Wildman–Crippen MR) is 72.0 cm³/mol. The number of nitriles is 1. The Labute approximate surface area is 113 Å². The second-order valence-corrected chi connectivity index (χ2v) is 6.18. The normalized spacial score (nSPS) is 32.7. The molecule has 1 spiro atoms. The number of ether oxygens (including phenoxy) is 1. The van der Waals surface area contributed by atoms with Crippen LogP contribution in [0.4, 0.5) is 0 Å². The van der Waals surface area contributed by atoms with Crippen molar-refractivity contribution in [3.63, 3.8) is 0 Å². The van der Waals surface area contributed by atoms with Crippen LogP contribution in [0.5, 0.6) is 5.75 Å². The molecule has 0 saturated carbocycles. The van der Waals surface area contributed by atoms with E-state index in [0.29, 0.717) is 0 Å². The predicted octanol–water partition coefficient (Wildman–Crippen LogP) is 2.49. The lowest BCUT2D eigenvalue weighted by Crippen LogP contribution is -2.50. The van der Waals surface area contributed by atoms with Crippen LogP contribution in [0.2, 0.25) is 0 Å². The quantitative estimate of drug-likeness (QED) is 0.713. The van der Waals surface area contributed by atoms with Crippen LogP contribution >= 0.6 is 0 Å². The third-order valence-corrected chi connectivity index (χ3v) is 4.99. The zero-order valence-corrected chi connectivity index (χ0v) is 11.1. The molecule has 0 amide bonds. The molecule has 2 atom stereocenters. The van der Waals surface area contributed by atoms with Gasteiger partial charge in [-0.3, -0.25) is 0 Å². The van der Waals surface area contributed by atoms with E-state index >= 15 is 0 Å². The van der Waals surface area contributed by atoms with Crippen molar-refractivity contribution >= 4 is 0 Å². The summed E-state index contributed by atoms with van der Waals surface area (Å²) in [6, 6.07) is 8.79. The van der Waals surface area contributed by atoms with Crippen molar-refractivity contribution in [3.05, 3.63) is 29.3 Å². The van der Waals surface area contributed by atoms with Gasteiger partial charge < -0.3 is 9.64 Å². The first-order valence-corrected chi connectivity index (χ1v) is 7.24. The minimum absolute atomic E-state index is 0.0158. The molecule has 3 nitrogen and oxygen atoms in total. The highest BCUT2D eigenvalue weighted by atomic mass is 16.5. The van der Waals surface area contributed by atoms with Crippen molar-refractivity contribution in [1.29, 1.82) is 5.26 Å². The number of hydrogen-bond acceptors (Lipinski definition) is 3. The Bertz CT molecular complexity index is 562. The molecule has 0 aromatic heterocycles. The molecule has 1 aromatic rings. The first-order valence-electron chi connectivity index (χ1n) is 7.24. The van der Waals surface area contributed by atoms with Crippen LogP contribution in [0.3, 0.4) is 0 Å². The zero-order valence-electron chi connectivity index (χ0n) is 11.1.